The van der Waals surface area contributed by atoms with Crippen LogP contribution in [0.5, 0.6) is 0 Å². The number of aliphatic imine (C=N–C) groups is 1. The molecule has 1 aromatic carbocycles. The molecule has 0 unspecified atom stereocenters. The molecule has 106 valence electrons. The summed E-state index contributed by atoms with van der Waals surface area (Å²) in [7, 11) is -3.17. The molecule has 0 aliphatic carbocycles. The SMILES string of the molecule is CCc1cccc(NC(N)=NCCNS(C)(=O)=O)c1. The van der Waals surface area contributed by atoms with Gasteiger partial charge in [0.25, 0.3) is 0 Å². The normalized spacial score (nSPS) is 12.4. The van der Waals surface area contributed by atoms with Gasteiger partial charge in [-0.05, 0) is 24.1 Å². The Balaban J connectivity index is 2.47. The molecule has 1 aromatic rings. The minimum absolute atomic E-state index is 0.232. The molecule has 0 saturated carbocycles. The molecule has 0 amide bonds. The number of aryl methyl sites for hydroxylation is 1. The van der Waals surface area contributed by atoms with Gasteiger partial charge < -0.3 is 11.1 Å². The maximum atomic E-state index is 10.8. The first kappa shape index (κ1) is 15.5. The third kappa shape index (κ3) is 6.78. The van der Waals surface area contributed by atoms with Gasteiger partial charge in [-0.2, -0.15) is 0 Å². The maximum Gasteiger partial charge on any atom is 0.208 e. The van der Waals surface area contributed by atoms with Gasteiger partial charge in [-0.15, -0.1) is 0 Å². The van der Waals surface area contributed by atoms with Gasteiger partial charge in [0.1, 0.15) is 0 Å². The lowest BCUT2D eigenvalue weighted by Gasteiger charge is -2.07. The van der Waals surface area contributed by atoms with Crippen LogP contribution in [0.1, 0.15) is 12.5 Å². The van der Waals surface area contributed by atoms with Crippen molar-refractivity contribution in [3.63, 3.8) is 0 Å². The Morgan fingerprint density at radius 1 is 1.42 bits per heavy atom. The van der Waals surface area contributed by atoms with Crippen LogP contribution < -0.4 is 15.8 Å². The predicted octanol–water partition coefficient (Wildman–Crippen LogP) is 0.525. The standard InChI is InChI=1S/C12H20N4O2S/c1-3-10-5-4-6-11(9-10)16-12(13)14-7-8-15-19(2,17)18/h4-6,9,15H,3,7-8H2,1-2H3,(H3,13,14,16). The number of nitrogens with one attached hydrogen (secondary N) is 2. The Morgan fingerprint density at radius 2 is 2.16 bits per heavy atom. The summed E-state index contributed by atoms with van der Waals surface area (Å²) in [5, 5.41) is 2.96. The second-order valence-corrected chi connectivity index (χ2v) is 5.95. The third-order valence-corrected chi connectivity index (χ3v) is 3.09. The van der Waals surface area contributed by atoms with Crippen molar-refractivity contribution in [2.75, 3.05) is 24.7 Å². The Kier molecular flexibility index (Phi) is 5.78. The van der Waals surface area contributed by atoms with Gasteiger partial charge in [0.05, 0.1) is 12.8 Å². The number of hydrogen-bond acceptors (Lipinski definition) is 3. The fourth-order valence-electron chi connectivity index (χ4n) is 1.46. The van der Waals surface area contributed by atoms with E-state index in [0.29, 0.717) is 6.54 Å². The van der Waals surface area contributed by atoms with Crippen LogP contribution in [0.25, 0.3) is 0 Å². The molecule has 0 heterocycles. The zero-order chi connectivity index (χ0) is 14.3. The average Bonchev–Trinajstić information content (AvgIpc) is 2.34. The van der Waals surface area contributed by atoms with Crippen molar-refractivity contribution < 1.29 is 8.42 Å². The average molecular weight is 284 g/mol. The van der Waals surface area contributed by atoms with Crippen molar-refractivity contribution in [1.82, 2.24) is 4.72 Å². The summed E-state index contributed by atoms with van der Waals surface area (Å²) in [5.74, 6) is 0.267. The number of nitrogens with two attached hydrogens (primary N) is 1. The summed E-state index contributed by atoms with van der Waals surface area (Å²) in [6, 6.07) is 7.88. The second-order valence-electron chi connectivity index (χ2n) is 4.11. The monoisotopic (exact) mass is 284 g/mol. The van der Waals surface area contributed by atoms with Crippen molar-refractivity contribution in [1.29, 1.82) is 0 Å². The van der Waals surface area contributed by atoms with E-state index < -0.39 is 10.0 Å². The van der Waals surface area contributed by atoms with E-state index >= 15 is 0 Å². The molecule has 0 aliphatic rings. The largest absolute Gasteiger partial charge is 0.370 e. The predicted molar refractivity (Wildman–Crippen MR) is 78.8 cm³/mol. The molecule has 4 N–H and O–H groups in total. The first-order valence-electron chi connectivity index (χ1n) is 6.01. The fraction of sp³-hybridized carbons (Fsp3) is 0.417. The number of anilines is 1. The molecule has 0 radical (unpaired) electrons. The van der Waals surface area contributed by atoms with E-state index in [2.05, 4.69) is 22.0 Å². The Morgan fingerprint density at radius 3 is 2.79 bits per heavy atom. The minimum Gasteiger partial charge on any atom is -0.370 e. The lowest BCUT2D eigenvalue weighted by molar-refractivity contribution is 0.588. The summed E-state index contributed by atoms with van der Waals surface area (Å²) in [6.07, 6.45) is 2.05. The number of guanidine groups is 1. The molecular weight excluding hydrogens is 264 g/mol. The van der Waals surface area contributed by atoms with Crippen molar-refractivity contribution in [3.8, 4) is 0 Å². The van der Waals surface area contributed by atoms with Gasteiger partial charge in [-0.25, -0.2) is 13.1 Å². The molecule has 1 rings (SSSR count). The smallest absolute Gasteiger partial charge is 0.208 e. The molecule has 6 nitrogen and oxygen atoms in total. The molecule has 0 fully saturated rings. The number of hydrogen-bond donors (Lipinski definition) is 3. The minimum atomic E-state index is -3.17. The molecule has 0 aliphatic heterocycles. The third-order valence-electron chi connectivity index (χ3n) is 2.37. The molecule has 0 bridgehead atoms. The van der Waals surface area contributed by atoms with Crippen molar-refractivity contribution in [2.45, 2.75) is 13.3 Å². The molecule has 0 atom stereocenters. The summed E-state index contributed by atoms with van der Waals surface area (Å²) in [5.41, 5.74) is 7.79. The van der Waals surface area contributed by atoms with Crippen LogP contribution in [0, 0.1) is 0 Å². The first-order chi connectivity index (χ1) is 8.90. The molecule has 19 heavy (non-hydrogen) atoms. The van der Waals surface area contributed by atoms with Gasteiger partial charge in [-0.3, -0.25) is 4.99 Å². The highest BCUT2D eigenvalue weighted by Gasteiger charge is 1.99. The van der Waals surface area contributed by atoms with E-state index in [1.165, 1.54) is 5.56 Å². The van der Waals surface area contributed by atoms with Crippen molar-refractivity contribution in [2.24, 2.45) is 10.7 Å². The summed E-state index contributed by atoms with van der Waals surface area (Å²) in [6.45, 7) is 2.60. The molecule has 0 saturated heterocycles. The van der Waals surface area contributed by atoms with Crippen LogP contribution in [0.15, 0.2) is 29.3 Å². The first-order valence-corrected chi connectivity index (χ1v) is 7.90. The van der Waals surface area contributed by atoms with Crippen LogP contribution in [-0.2, 0) is 16.4 Å². The number of benzene rings is 1. The fourth-order valence-corrected chi connectivity index (χ4v) is 1.93. The van der Waals surface area contributed by atoms with E-state index in [-0.39, 0.29) is 12.5 Å². The maximum absolute atomic E-state index is 10.8. The molecular formula is C12H20N4O2S. The Bertz CT molecular complexity index is 540. The topological polar surface area (TPSA) is 96.6 Å². The molecule has 7 heteroatoms. The lowest BCUT2D eigenvalue weighted by Crippen LogP contribution is -2.27. The van der Waals surface area contributed by atoms with Crippen molar-refractivity contribution in [3.05, 3.63) is 29.8 Å². The lowest BCUT2D eigenvalue weighted by atomic mass is 10.1. The van der Waals surface area contributed by atoms with Gasteiger partial charge in [0, 0.05) is 12.2 Å². The highest BCUT2D eigenvalue weighted by molar-refractivity contribution is 7.88. The number of nitrogens with zero attached hydrogens (tertiary/aromatic N) is 1. The number of rotatable bonds is 6. The van der Waals surface area contributed by atoms with E-state index in [1.54, 1.807) is 0 Å². The highest BCUT2D eigenvalue weighted by atomic mass is 32.2. The van der Waals surface area contributed by atoms with Crippen LogP contribution in [-0.4, -0.2) is 33.7 Å². The summed E-state index contributed by atoms with van der Waals surface area (Å²) < 4.78 is 24.0. The zero-order valence-electron chi connectivity index (χ0n) is 11.2. The second kappa shape index (κ2) is 7.10. The quantitative estimate of drug-likeness (QED) is 0.403. The van der Waals surface area contributed by atoms with E-state index in [4.69, 9.17) is 5.73 Å². The van der Waals surface area contributed by atoms with E-state index in [9.17, 15) is 8.42 Å². The van der Waals surface area contributed by atoms with Gasteiger partial charge in [0.2, 0.25) is 10.0 Å². The zero-order valence-corrected chi connectivity index (χ0v) is 12.0. The van der Waals surface area contributed by atoms with Crippen LogP contribution in [0.3, 0.4) is 0 Å². The van der Waals surface area contributed by atoms with Crippen molar-refractivity contribution >= 4 is 21.7 Å². The summed E-state index contributed by atoms with van der Waals surface area (Å²) in [4.78, 5) is 4.03. The highest BCUT2D eigenvalue weighted by Crippen LogP contribution is 2.10. The summed E-state index contributed by atoms with van der Waals surface area (Å²) >= 11 is 0. The van der Waals surface area contributed by atoms with Crippen LogP contribution in [0.2, 0.25) is 0 Å². The Hall–Kier alpha value is -1.60. The van der Waals surface area contributed by atoms with Crippen LogP contribution in [0.4, 0.5) is 5.69 Å². The van der Waals surface area contributed by atoms with E-state index in [0.717, 1.165) is 18.4 Å². The molecule has 0 spiro atoms. The van der Waals surface area contributed by atoms with Gasteiger partial charge in [-0.1, -0.05) is 19.1 Å². The van der Waals surface area contributed by atoms with Gasteiger partial charge >= 0.3 is 0 Å². The Labute approximate surface area is 114 Å². The molecule has 0 aromatic heterocycles. The van der Waals surface area contributed by atoms with E-state index in [1.807, 2.05) is 24.3 Å². The van der Waals surface area contributed by atoms with Gasteiger partial charge in [0.15, 0.2) is 5.96 Å². The van der Waals surface area contributed by atoms with Crippen LogP contribution >= 0.6 is 0 Å². The number of sulfonamides is 1.